The number of nitrogens with zero attached hydrogens (tertiary/aromatic N) is 5. The van der Waals surface area contributed by atoms with Crippen molar-refractivity contribution in [3.8, 4) is 16.6 Å². The second-order valence-corrected chi connectivity index (χ2v) is 9.18. The maximum Gasteiger partial charge on any atom is 0.267 e. The first kappa shape index (κ1) is 19.7. The molecule has 31 heavy (non-hydrogen) atoms. The summed E-state index contributed by atoms with van der Waals surface area (Å²) in [5.74, 6) is 1.48. The maximum atomic E-state index is 13.3. The number of hydrogen-bond donors (Lipinski definition) is 0. The van der Waals surface area contributed by atoms with Gasteiger partial charge in [-0.3, -0.25) is 4.79 Å². The van der Waals surface area contributed by atoms with Gasteiger partial charge in [-0.15, -0.1) is 21.5 Å². The third-order valence-electron chi connectivity index (χ3n) is 4.67. The number of fused-ring (bicyclic) bond motifs is 1. The number of aryl methyl sites for hydroxylation is 1. The van der Waals surface area contributed by atoms with Gasteiger partial charge in [0, 0.05) is 6.20 Å². The molecular formula is C22H17N5O2S2. The summed E-state index contributed by atoms with van der Waals surface area (Å²) in [7, 11) is 0. The third kappa shape index (κ3) is 3.77. The number of hydrogen-bond acceptors (Lipinski definition) is 8. The molecule has 1 unspecified atom stereocenters. The summed E-state index contributed by atoms with van der Waals surface area (Å²) in [6, 6.07) is 14.9. The predicted octanol–water partition coefficient (Wildman–Crippen LogP) is 5.05. The minimum absolute atomic E-state index is 0.165. The van der Waals surface area contributed by atoms with E-state index in [0.717, 1.165) is 10.4 Å². The third-order valence-corrected chi connectivity index (χ3v) is 6.57. The molecule has 0 amide bonds. The van der Waals surface area contributed by atoms with E-state index < -0.39 is 0 Å². The molecule has 1 aromatic carbocycles. The van der Waals surface area contributed by atoms with Crippen LogP contribution in [-0.4, -0.2) is 24.7 Å². The predicted molar refractivity (Wildman–Crippen MR) is 122 cm³/mol. The number of aromatic nitrogens is 5. The monoisotopic (exact) mass is 447 g/mol. The van der Waals surface area contributed by atoms with Crippen molar-refractivity contribution in [2.24, 2.45) is 0 Å². The summed E-state index contributed by atoms with van der Waals surface area (Å²) in [5.41, 5.74) is 1.48. The van der Waals surface area contributed by atoms with Gasteiger partial charge in [0.05, 0.1) is 21.0 Å². The highest BCUT2D eigenvalue weighted by molar-refractivity contribution is 7.99. The number of benzene rings is 1. The van der Waals surface area contributed by atoms with Crippen molar-refractivity contribution in [1.29, 1.82) is 0 Å². The van der Waals surface area contributed by atoms with Crippen molar-refractivity contribution in [3.05, 3.63) is 81.9 Å². The maximum absolute atomic E-state index is 13.3. The van der Waals surface area contributed by atoms with Gasteiger partial charge in [-0.05, 0) is 49.1 Å². The zero-order valence-electron chi connectivity index (χ0n) is 16.7. The molecule has 0 aliphatic rings. The van der Waals surface area contributed by atoms with Crippen LogP contribution in [0.3, 0.4) is 0 Å². The lowest BCUT2D eigenvalue weighted by molar-refractivity contribution is 0.509. The van der Waals surface area contributed by atoms with E-state index in [0.29, 0.717) is 33.7 Å². The van der Waals surface area contributed by atoms with Gasteiger partial charge in [-0.25, -0.2) is 14.5 Å². The summed E-state index contributed by atoms with van der Waals surface area (Å²) in [6.07, 6.45) is 1.74. The zero-order valence-corrected chi connectivity index (χ0v) is 18.4. The summed E-state index contributed by atoms with van der Waals surface area (Å²) in [6.45, 7) is 3.90. The van der Waals surface area contributed by atoms with Crippen molar-refractivity contribution in [1.82, 2.24) is 24.7 Å². The van der Waals surface area contributed by atoms with Gasteiger partial charge in [-0.1, -0.05) is 36.0 Å². The molecular weight excluding hydrogens is 430 g/mol. The number of rotatable bonds is 5. The topological polar surface area (TPSA) is 86.7 Å². The summed E-state index contributed by atoms with van der Waals surface area (Å²) < 4.78 is 7.42. The Morgan fingerprint density at radius 2 is 1.97 bits per heavy atom. The van der Waals surface area contributed by atoms with Gasteiger partial charge in [0.15, 0.2) is 5.16 Å². The molecule has 154 valence electrons. The molecule has 0 aliphatic carbocycles. The fraction of sp³-hybridized carbons (Fsp3) is 0.136. The molecule has 9 heteroatoms. The Morgan fingerprint density at radius 3 is 2.74 bits per heavy atom. The van der Waals surface area contributed by atoms with Crippen LogP contribution >= 0.6 is 23.1 Å². The lowest BCUT2D eigenvalue weighted by atomic mass is 10.2. The quantitative estimate of drug-likeness (QED) is 0.275. The van der Waals surface area contributed by atoms with Crippen LogP contribution in [-0.2, 0) is 0 Å². The summed E-state index contributed by atoms with van der Waals surface area (Å²) in [4.78, 5) is 23.5. The Bertz CT molecular complexity index is 1410. The molecule has 0 spiro atoms. The van der Waals surface area contributed by atoms with Gasteiger partial charge in [0.25, 0.3) is 11.4 Å². The highest BCUT2D eigenvalue weighted by atomic mass is 32.2. The van der Waals surface area contributed by atoms with Crippen LogP contribution in [0.4, 0.5) is 0 Å². The van der Waals surface area contributed by atoms with E-state index in [4.69, 9.17) is 9.40 Å². The zero-order chi connectivity index (χ0) is 21.4. The minimum Gasteiger partial charge on any atom is -0.419 e. The number of thiophene rings is 1. The first-order valence-corrected chi connectivity index (χ1v) is 11.3. The van der Waals surface area contributed by atoms with Crippen molar-refractivity contribution < 1.29 is 4.42 Å². The molecule has 0 saturated heterocycles. The molecule has 0 fully saturated rings. The molecule has 4 heterocycles. The number of para-hydroxylation sites is 1. The molecule has 0 aliphatic heterocycles. The van der Waals surface area contributed by atoms with E-state index in [1.165, 1.54) is 11.8 Å². The van der Waals surface area contributed by atoms with E-state index in [9.17, 15) is 4.79 Å². The minimum atomic E-state index is -0.217. The van der Waals surface area contributed by atoms with Crippen LogP contribution < -0.4 is 5.56 Å². The Balaban J connectivity index is 1.58. The lowest BCUT2D eigenvalue weighted by Gasteiger charge is -2.14. The van der Waals surface area contributed by atoms with Gasteiger partial charge in [0.1, 0.15) is 5.82 Å². The molecule has 0 saturated carbocycles. The van der Waals surface area contributed by atoms with E-state index in [2.05, 4.69) is 15.2 Å². The second kappa shape index (κ2) is 8.09. The summed E-state index contributed by atoms with van der Waals surface area (Å²) in [5, 5.41) is 11.2. The molecule has 5 rings (SSSR count). The van der Waals surface area contributed by atoms with Crippen LogP contribution in [0.2, 0.25) is 0 Å². The van der Waals surface area contributed by atoms with E-state index in [-0.39, 0.29) is 10.8 Å². The Morgan fingerprint density at radius 1 is 1.10 bits per heavy atom. The van der Waals surface area contributed by atoms with Gasteiger partial charge in [-0.2, -0.15) is 0 Å². The summed E-state index contributed by atoms with van der Waals surface area (Å²) >= 11 is 2.92. The average Bonchev–Trinajstić information content (AvgIpc) is 3.47. The Kier molecular flexibility index (Phi) is 5.13. The fourth-order valence-corrected chi connectivity index (χ4v) is 4.68. The van der Waals surface area contributed by atoms with Gasteiger partial charge in [0.2, 0.25) is 5.89 Å². The van der Waals surface area contributed by atoms with Gasteiger partial charge < -0.3 is 4.42 Å². The van der Waals surface area contributed by atoms with Crippen molar-refractivity contribution >= 4 is 34.0 Å². The first-order chi connectivity index (χ1) is 15.1. The molecule has 4 aromatic heterocycles. The largest absolute Gasteiger partial charge is 0.419 e. The SMILES string of the molecule is Cc1ccc(-n2c(SC(C)c3nnc(-c4cccs4)o3)nc3ccccc3c2=O)nc1. The fourth-order valence-electron chi connectivity index (χ4n) is 3.09. The molecule has 0 N–H and O–H groups in total. The lowest BCUT2D eigenvalue weighted by Crippen LogP contribution is -2.22. The standard InChI is InChI=1S/C22H17N5O2S2/c1-13-9-10-18(23-12-13)27-21(28)15-6-3-4-7-16(15)24-22(27)31-14(2)19-25-26-20(29-19)17-8-5-11-30-17/h3-12,14H,1-2H3. The Labute approximate surface area is 185 Å². The molecule has 0 bridgehead atoms. The van der Waals surface area contributed by atoms with Gasteiger partial charge >= 0.3 is 0 Å². The van der Waals surface area contributed by atoms with Crippen LogP contribution in [0.1, 0.15) is 23.6 Å². The highest BCUT2D eigenvalue weighted by Crippen LogP contribution is 2.35. The molecule has 7 nitrogen and oxygen atoms in total. The van der Waals surface area contributed by atoms with Crippen molar-refractivity contribution in [3.63, 3.8) is 0 Å². The molecule has 5 aromatic rings. The van der Waals surface area contributed by atoms with Crippen molar-refractivity contribution in [2.75, 3.05) is 0 Å². The van der Waals surface area contributed by atoms with Crippen LogP contribution in [0.5, 0.6) is 0 Å². The van der Waals surface area contributed by atoms with Crippen LogP contribution in [0, 0.1) is 6.92 Å². The van der Waals surface area contributed by atoms with Crippen LogP contribution in [0.15, 0.2) is 74.5 Å². The normalized spacial score (nSPS) is 12.3. The number of pyridine rings is 1. The number of thioether (sulfide) groups is 1. The van der Waals surface area contributed by atoms with Crippen LogP contribution in [0.25, 0.3) is 27.5 Å². The average molecular weight is 448 g/mol. The highest BCUT2D eigenvalue weighted by Gasteiger charge is 2.21. The Hall–Kier alpha value is -3.30. The molecule has 1 atom stereocenters. The first-order valence-electron chi connectivity index (χ1n) is 9.59. The van der Waals surface area contributed by atoms with E-state index in [1.54, 1.807) is 28.2 Å². The molecule has 0 radical (unpaired) electrons. The second-order valence-electron chi connectivity index (χ2n) is 6.93. The smallest absolute Gasteiger partial charge is 0.267 e. The van der Waals surface area contributed by atoms with E-state index >= 15 is 0 Å². The van der Waals surface area contributed by atoms with E-state index in [1.807, 2.05) is 61.7 Å². The van der Waals surface area contributed by atoms with Crippen molar-refractivity contribution in [2.45, 2.75) is 24.3 Å².